The minimum atomic E-state index is 0.662. The molecular weight excluding hydrogens is 178 g/mol. The lowest BCUT2D eigenvalue weighted by Gasteiger charge is -2.11. The maximum absolute atomic E-state index is 5.49. The minimum Gasteiger partial charge on any atom is -0.493 e. The van der Waals surface area contributed by atoms with Crippen LogP contribution in [0.1, 0.15) is 12.5 Å². The molecular formula is C11H15NO2. The lowest BCUT2D eigenvalue weighted by atomic mass is 10.1. The first kappa shape index (κ1) is 9.19. The first-order valence-electron chi connectivity index (χ1n) is 4.92. The Morgan fingerprint density at radius 2 is 2.21 bits per heavy atom. The molecule has 1 aliphatic heterocycles. The van der Waals surface area contributed by atoms with Crippen LogP contribution in [0, 0.1) is 0 Å². The van der Waals surface area contributed by atoms with E-state index in [-0.39, 0.29) is 0 Å². The highest BCUT2D eigenvalue weighted by atomic mass is 16.5. The molecule has 1 aliphatic rings. The van der Waals surface area contributed by atoms with Gasteiger partial charge in [0.1, 0.15) is 0 Å². The Hall–Kier alpha value is -1.38. The fourth-order valence-corrected chi connectivity index (χ4v) is 1.73. The monoisotopic (exact) mass is 193 g/mol. The smallest absolute Gasteiger partial charge is 0.163 e. The maximum atomic E-state index is 5.49. The van der Waals surface area contributed by atoms with Crippen LogP contribution in [0.3, 0.4) is 0 Å². The number of rotatable bonds is 3. The molecule has 0 saturated carbocycles. The molecule has 1 N–H and O–H groups in total. The summed E-state index contributed by atoms with van der Waals surface area (Å²) in [5, 5.41) is 3.31. The zero-order valence-electron chi connectivity index (χ0n) is 8.59. The summed E-state index contributed by atoms with van der Waals surface area (Å²) in [6.07, 6.45) is 1.07. The van der Waals surface area contributed by atoms with Crippen molar-refractivity contribution in [2.75, 3.05) is 25.6 Å². The van der Waals surface area contributed by atoms with Gasteiger partial charge < -0.3 is 14.8 Å². The molecule has 14 heavy (non-hydrogen) atoms. The Labute approximate surface area is 84.0 Å². The molecule has 0 unspecified atom stereocenters. The first-order chi connectivity index (χ1) is 6.85. The van der Waals surface area contributed by atoms with E-state index >= 15 is 0 Å². The van der Waals surface area contributed by atoms with Crippen molar-refractivity contribution in [2.24, 2.45) is 0 Å². The molecule has 1 aromatic rings. The summed E-state index contributed by atoms with van der Waals surface area (Å²) in [6.45, 7) is 3.64. The van der Waals surface area contributed by atoms with E-state index in [9.17, 15) is 0 Å². The Kier molecular flexibility index (Phi) is 2.48. The van der Waals surface area contributed by atoms with E-state index in [2.05, 4.69) is 11.4 Å². The maximum Gasteiger partial charge on any atom is 0.163 e. The van der Waals surface area contributed by atoms with Crippen LogP contribution in [0.15, 0.2) is 12.1 Å². The van der Waals surface area contributed by atoms with Crippen molar-refractivity contribution in [3.63, 3.8) is 0 Å². The van der Waals surface area contributed by atoms with Gasteiger partial charge in [0, 0.05) is 18.3 Å². The highest BCUT2D eigenvalue weighted by Gasteiger charge is 2.14. The van der Waals surface area contributed by atoms with E-state index in [1.165, 1.54) is 11.3 Å². The molecule has 76 valence electrons. The summed E-state index contributed by atoms with van der Waals surface area (Å²) in [5.74, 6) is 1.65. The van der Waals surface area contributed by atoms with Crippen LogP contribution in [0.2, 0.25) is 0 Å². The van der Waals surface area contributed by atoms with Gasteiger partial charge in [0.2, 0.25) is 0 Å². The van der Waals surface area contributed by atoms with Gasteiger partial charge >= 0.3 is 0 Å². The number of hydrogen-bond donors (Lipinski definition) is 1. The summed E-state index contributed by atoms with van der Waals surface area (Å²) in [7, 11) is 1.67. The van der Waals surface area contributed by atoms with Crippen molar-refractivity contribution < 1.29 is 9.47 Å². The number of ether oxygens (including phenoxy) is 2. The van der Waals surface area contributed by atoms with E-state index in [4.69, 9.17) is 9.47 Å². The lowest BCUT2D eigenvalue weighted by Crippen LogP contribution is -1.96. The molecule has 0 radical (unpaired) electrons. The van der Waals surface area contributed by atoms with Crippen LogP contribution in [0.25, 0.3) is 0 Å². The fourth-order valence-electron chi connectivity index (χ4n) is 1.73. The zero-order valence-corrected chi connectivity index (χ0v) is 8.59. The van der Waals surface area contributed by atoms with Crippen molar-refractivity contribution >= 4 is 5.69 Å². The number of methoxy groups -OCH3 is 1. The van der Waals surface area contributed by atoms with Crippen molar-refractivity contribution in [1.29, 1.82) is 0 Å². The van der Waals surface area contributed by atoms with Crippen LogP contribution in [0.4, 0.5) is 5.69 Å². The Bertz CT molecular complexity index is 336. The van der Waals surface area contributed by atoms with Gasteiger partial charge in [-0.25, -0.2) is 0 Å². The SMILES string of the molecule is CCOc1cc2c(cc1OC)CCN2. The fraction of sp³-hybridized carbons (Fsp3) is 0.455. The average Bonchev–Trinajstić information content (AvgIpc) is 2.64. The van der Waals surface area contributed by atoms with Crippen LogP contribution in [-0.4, -0.2) is 20.3 Å². The summed E-state index contributed by atoms with van der Waals surface area (Å²) >= 11 is 0. The third-order valence-corrected chi connectivity index (χ3v) is 2.40. The van der Waals surface area contributed by atoms with Gasteiger partial charge in [-0.2, -0.15) is 0 Å². The summed E-state index contributed by atoms with van der Waals surface area (Å²) < 4.78 is 10.8. The topological polar surface area (TPSA) is 30.5 Å². The molecule has 0 fully saturated rings. The van der Waals surface area contributed by atoms with Gasteiger partial charge in [-0.1, -0.05) is 0 Å². The molecule has 0 aromatic heterocycles. The predicted molar refractivity (Wildman–Crippen MR) is 56.4 cm³/mol. The van der Waals surface area contributed by atoms with Gasteiger partial charge in [0.15, 0.2) is 11.5 Å². The average molecular weight is 193 g/mol. The number of benzene rings is 1. The van der Waals surface area contributed by atoms with Crippen molar-refractivity contribution in [2.45, 2.75) is 13.3 Å². The Morgan fingerprint density at radius 3 is 2.93 bits per heavy atom. The largest absolute Gasteiger partial charge is 0.493 e. The zero-order chi connectivity index (χ0) is 9.97. The van der Waals surface area contributed by atoms with Crippen molar-refractivity contribution in [3.05, 3.63) is 17.7 Å². The van der Waals surface area contributed by atoms with Gasteiger partial charge in [0.25, 0.3) is 0 Å². The van der Waals surface area contributed by atoms with Crippen LogP contribution in [0.5, 0.6) is 11.5 Å². The van der Waals surface area contributed by atoms with Crippen molar-refractivity contribution in [1.82, 2.24) is 0 Å². The molecule has 2 rings (SSSR count). The molecule has 0 atom stereocenters. The molecule has 0 saturated heterocycles. The van der Waals surface area contributed by atoms with Crippen LogP contribution >= 0.6 is 0 Å². The lowest BCUT2D eigenvalue weighted by molar-refractivity contribution is 0.311. The van der Waals surface area contributed by atoms with E-state index in [1.807, 2.05) is 13.0 Å². The number of fused-ring (bicyclic) bond motifs is 1. The predicted octanol–water partition coefficient (Wildman–Crippen LogP) is 2.06. The normalized spacial score (nSPS) is 13.3. The molecule has 0 amide bonds. The summed E-state index contributed by atoms with van der Waals surface area (Å²) in [5.41, 5.74) is 2.49. The molecule has 0 aliphatic carbocycles. The van der Waals surface area contributed by atoms with Crippen LogP contribution in [-0.2, 0) is 6.42 Å². The standard InChI is InChI=1S/C11H15NO2/c1-3-14-11-7-9-8(4-5-12-9)6-10(11)13-2/h6-7,12H,3-5H2,1-2H3. The third kappa shape index (κ3) is 1.50. The summed E-state index contributed by atoms with van der Waals surface area (Å²) in [4.78, 5) is 0. The van der Waals surface area contributed by atoms with E-state index in [0.717, 1.165) is 24.5 Å². The second-order valence-corrected chi connectivity index (χ2v) is 3.27. The van der Waals surface area contributed by atoms with E-state index in [0.29, 0.717) is 6.61 Å². The number of nitrogens with one attached hydrogen (secondary N) is 1. The van der Waals surface area contributed by atoms with Gasteiger partial charge in [-0.3, -0.25) is 0 Å². The molecule has 3 nitrogen and oxygen atoms in total. The molecule has 0 spiro atoms. The second-order valence-electron chi connectivity index (χ2n) is 3.27. The van der Waals surface area contributed by atoms with Crippen LogP contribution < -0.4 is 14.8 Å². The second kappa shape index (κ2) is 3.78. The number of hydrogen-bond acceptors (Lipinski definition) is 3. The van der Waals surface area contributed by atoms with Gasteiger partial charge in [0.05, 0.1) is 13.7 Å². The minimum absolute atomic E-state index is 0.662. The quantitative estimate of drug-likeness (QED) is 0.797. The third-order valence-electron chi connectivity index (χ3n) is 2.40. The summed E-state index contributed by atoms with van der Waals surface area (Å²) in [6, 6.07) is 4.07. The van der Waals surface area contributed by atoms with Gasteiger partial charge in [-0.05, 0) is 25.0 Å². The number of anilines is 1. The molecule has 0 bridgehead atoms. The Morgan fingerprint density at radius 1 is 1.36 bits per heavy atom. The Balaban J connectivity index is 2.38. The highest BCUT2D eigenvalue weighted by Crippen LogP contribution is 2.35. The molecule has 1 heterocycles. The van der Waals surface area contributed by atoms with E-state index < -0.39 is 0 Å². The van der Waals surface area contributed by atoms with E-state index in [1.54, 1.807) is 7.11 Å². The first-order valence-corrected chi connectivity index (χ1v) is 4.92. The molecule has 3 heteroatoms. The highest BCUT2D eigenvalue weighted by molar-refractivity contribution is 5.63. The van der Waals surface area contributed by atoms with Gasteiger partial charge in [-0.15, -0.1) is 0 Å². The van der Waals surface area contributed by atoms with Crippen molar-refractivity contribution in [3.8, 4) is 11.5 Å². The molecule has 1 aromatic carbocycles.